The van der Waals surface area contributed by atoms with Crippen LogP contribution in [-0.4, -0.2) is 73.8 Å². The largest absolute Gasteiger partial charge is 0.480 e. The average molecular weight is 583 g/mol. The molecule has 0 aliphatic rings. The molecule has 0 bridgehead atoms. The molecule has 14 heteroatoms. The maximum absolute atomic E-state index is 13.6. The van der Waals surface area contributed by atoms with E-state index in [9.17, 15) is 29.1 Å². The molecule has 4 amide bonds. The molecule has 14 nitrogen and oxygen atoms in total. The van der Waals surface area contributed by atoms with E-state index in [4.69, 9.17) is 11.5 Å². The number of fused-ring (bicyclic) bond motifs is 1. The molecule has 5 atom stereocenters. The highest BCUT2D eigenvalue weighted by Crippen LogP contribution is 2.20. The van der Waals surface area contributed by atoms with Crippen LogP contribution < -0.4 is 27.4 Å². The molecule has 0 aliphatic carbocycles. The van der Waals surface area contributed by atoms with Crippen LogP contribution >= 0.6 is 0 Å². The summed E-state index contributed by atoms with van der Waals surface area (Å²) in [5.74, 6) is -4.25. The topological polar surface area (TPSA) is 238 Å². The summed E-state index contributed by atoms with van der Waals surface area (Å²) in [4.78, 5) is 73.0. The number of imidazole rings is 1. The molecular formula is C28H38N8O6. The fraction of sp³-hybridized carbons (Fsp3) is 0.429. The van der Waals surface area contributed by atoms with Gasteiger partial charge in [0.15, 0.2) is 0 Å². The second kappa shape index (κ2) is 14.8. The maximum atomic E-state index is 13.6. The summed E-state index contributed by atoms with van der Waals surface area (Å²) in [7, 11) is 0. The molecule has 0 saturated heterocycles. The number of carboxylic acids is 1. The first-order valence-corrected chi connectivity index (χ1v) is 13.7. The molecule has 226 valence electrons. The molecule has 0 fully saturated rings. The van der Waals surface area contributed by atoms with Crippen LogP contribution in [0.5, 0.6) is 0 Å². The monoisotopic (exact) mass is 582 g/mol. The normalized spacial score (nSPS) is 14.7. The summed E-state index contributed by atoms with van der Waals surface area (Å²) in [5.41, 5.74) is 13.2. The van der Waals surface area contributed by atoms with Crippen LogP contribution in [0, 0.1) is 5.92 Å². The van der Waals surface area contributed by atoms with E-state index in [0.29, 0.717) is 12.1 Å². The zero-order valence-electron chi connectivity index (χ0n) is 23.6. The number of benzene rings is 1. The third kappa shape index (κ3) is 8.64. The minimum Gasteiger partial charge on any atom is -0.480 e. The first kappa shape index (κ1) is 31.8. The zero-order chi connectivity index (χ0) is 30.8. The summed E-state index contributed by atoms with van der Waals surface area (Å²) in [5, 5.41) is 18.4. The summed E-state index contributed by atoms with van der Waals surface area (Å²) in [6.07, 6.45) is 5.03. The van der Waals surface area contributed by atoms with Crippen LogP contribution in [0.2, 0.25) is 0 Å². The Kier molecular flexibility index (Phi) is 11.2. The molecule has 0 spiro atoms. The van der Waals surface area contributed by atoms with Crippen LogP contribution in [0.15, 0.2) is 43.0 Å². The number of H-pyrrole nitrogens is 2. The number of rotatable bonds is 16. The number of carbonyl (C=O) groups is 5. The lowest BCUT2D eigenvalue weighted by molar-refractivity contribution is -0.143. The average Bonchev–Trinajstić information content (AvgIpc) is 3.63. The molecule has 3 rings (SSSR count). The predicted octanol–water partition coefficient (Wildman–Crippen LogP) is -0.146. The number of aromatic nitrogens is 3. The van der Waals surface area contributed by atoms with Crippen molar-refractivity contribution < 1.29 is 29.1 Å². The van der Waals surface area contributed by atoms with Crippen molar-refractivity contribution in [2.24, 2.45) is 17.4 Å². The molecule has 0 radical (unpaired) electrons. The van der Waals surface area contributed by atoms with Crippen LogP contribution in [-0.2, 0) is 36.8 Å². The van der Waals surface area contributed by atoms with E-state index >= 15 is 0 Å². The van der Waals surface area contributed by atoms with Gasteiger partial charge in [0.05, 0.1) is 12.4 Å². The number of nitrogens with two attached hydrogens (primary N) is 2. The number of aliphatic carboxylic acids is 1. The Balaban J connectivity index is 1.87. The lowest BCUT2D eigenvalue weighted by atomic mass is 9.97. The van der Waals surface area contributed by atoms with Gasteiger partial charge in [0.25, 0.3) is 0 Å². The Hall–Kier alpha value is -4.72. The fourth-order valence-electron chi connectivity index (χ4n) is 4.47. The molecule has 1 aromatic carbocycles. The Labute approximate surface area is 242 Å². The number of aromatic amines is 2. The number of hydrogen-bond acceptors (Lipinski definition) is 7. The van der Waals surface area contributed by atoms with Gasteiger partial charge in [0.1, 0.15) is 18.1 Å². The highest BCUT2D eigenvalue weighted by molar-refractivity contribution is 5.95. The number of nitrogens with zero attached hydrogens (tertiary/aromatic N) is 1. The molecule has 0 aliphatic heterocycles. The van der Waals surface area contributed by atoms with Crippen molar-refractivity contribution in [1.29, 1.82) is 0 Å². The van der Waals surface area contributed by atoms with Crippen molar-refractivity contribution in [2.75, 3.05) is 0 Å². The van der Waals surface area contributed by atoms with E-state index in [1.165, 1.54) is 12.5 Å². The van der Waals surface area contributed by atoms with Crippen molar-refractivity contribution in [1.82, 2.24) is 30.9 Å². The van der Waals surface area contributed by atoms with Gasteiger partial charge in [-0.15, -0.1) is 0 Å². The second-order valence-electron chi connectivity index (χ2n) is 10.3. The molecule has 42 heavy (non-hydrogen) atoms. The zero-order valence-corrected chi connectivity index (χ0v) is 23.6. The van der Waals surface area contributed by atoms with Gasteiger partial charge in [-0.2, -0.15) is 0 Å². The van der Waals surface area contributed by atoms with Gasteiger partial charge in [-0.1, -0.05) is 38.5 Å². The number of nitrogens with one attached hydrogen (secondary N) is 5. The van der Waals surface area contributed by atoms with E-state index in [1.807, 2.05) is 31.2 Å². The third-order valence-corrected chi connectivity index (χ3v) is 7.16. The van der Waals surface area contributed by atoms with Gasteiger partial charge in [-0.05, 0) is 24.0 Å². The van der Waals surface area contributed by atoms with Gasteiger partial charge >= 0.3 is 5.97 Å². The lowest BCUT2D eigenvalue weighted by Gasteiger charge is -2.26. The summed E-state index contributed by atoms with van der Waals surface area (Å²) in [6, 6.07) is 2.79. The molecule has 3 aromatic rings. The first-order chi connectivity index (χ1) is 20.0. The van der Waals surface area contributed by atoms with Crippen molar-refractivity contribution in [3.05, 3.63) is 54.2 Å². The Morgan fingerprint density at radius 1 is 0.976 bits per heavy atom. The standard InChI is InChI=1S/C28H38N8O6/c1-3-15(2)24(28(41)42)36-27(40)21(10-16-12-32-20-7-5-4-6-18(16)20)35-26(39)22(11-17-13-31-14-33-17)34-25(38)19(29)8-9-23(30)37/h4-7,12-15,19,21-22,24,32H,3,8-11,29H2,1-2H3,(H2,30,37)(H,31,33)(H,34,38)(H,35,39)(H,36,40)(H,41,42). The van der Waals surface area contributed by atoms with Crippen molar-refractivity contribution in [3.8, 4) is 0 Å². The second-order valence-corrected chi connectivity index (χ2v) is 10.3. The Morgan fingerprint density at radius 2 is 1.64 bits per heavy atom. The number of carbonyl (C=O) groups excluding carboxylic acids is 4. The lowest BCUT2D eigenvalue weighted by Crippen LogP contribution is -2.58. The van der Waals surface area contributed by atoms with Gasteiger partial charge in [-0.25, -0.2) is 9.78 Å². The summed E-state index contributed by atoms with van der Waals surface area (Å²) >= 11 is 0. The molecule has 2 aromatic heterocycles. The van der Waals surface area contributed by atoms with Crippen molar-refractivity contribution in [2.45, 2.75) is 70.1 Å². The highest BCUT2D eigenvalue weighted by Gasteiger charge is 2.32. The van der Waals surface area contributed by atoms with E-state index in [-0.39, 0.29) is 31.6 Å². The smallest absolute Gasteiger partial charge is 0.326 e. The van der Waals surface area contributed by atoms with E-state index < -0.39 is 53.8 Å². The predicted molar refractivity (Wildman–Crippen MR) is 154 cm³/mol. The minimum atomic E-state index is -1.19. The molecule has 10 N–H and O–H groups in total. The first-order valence-electron chi connectivity index (χ1n) is 13.7. The van der Waals surface area contributed by atoms with Crippen molar-refractivity contribution >= 4 is 40.5 Å². The highest BCUT2D eigenvalue weighted by atomic mass is 16.4. The number of primary amides is 1. The minimum absolute atomic E-state index is 0.00778. The molecule has 0 saturated carbocycles. The Morgan fingerprint density at radius 3 is 2.29 bits per heavy atom. The Bertz CT molecular complexity index is 1390. The molecule has 5 unspecified atom stereocenters. The maximum Gasteiger partial charge on any atom is 0.326 e. The van der Waals surface area contributed by atoms with Crippen LogP contribution in [0.3, 0.4) is 0 Å². The van der Waals surface area contributed by atoms with Crippen LogP contribution in [0.1, 0.15) is 44.4 Å². The van der Waals surface area contributed by atoms with E-state index in [1.54, 1.807) is 13.1 Å². The van der Waals surface area contributed by atoms with Crippen LogP contribution in [0.4, 0.5) is 0 Å². The number of carboxylic acid groups (broad SMARTS) is 1. The van der Waals surface area contributed by atoms with Gasteiger partial charge in [0, 0.05) is 48.3 Å². The quantitative estimate of drug-likeness (QED) is 0.113. The van der Waals surface area contributed by atoms with E-state index in [2.05, 4.69) is 30.9 Å². The third-order valence-electron chi connectivity index (χ3n) is 7.16. The summed E-state index contributed by atoms with van der Waals surface area (Å²) in [6.45, 7) is 3.53. The molecule has 2 heterocycles. The number of para-hydroxylation sites is 1. The van der Waals surface area contributed by atoms with Gasteiger partial charge in [-0.3, -0.25) is 19.2 Å². The van der Waals surface area contributed by atoms with Crippen LogP contribution in [0.25, 0.3) is 10.9 Å². The summed E-state index contributed by atoms with van der Waals surface area (Å²) < 4.78 is 0. The van der Waals surface area contributed by atoms with Crippen molar-refractivity contribution in [3.63, 3.8) is 0 Å². The van der Waals surface area contributed by atoms with Gasteiger partial charge < -0.3 is 42.5 Å². The number of hydrogen-bond donors (Lipinski definition) is 8. The van der Waals surface area contributed by atoms with Gasteiger partial charge in [0.2, 0.25) is 23.6 Å². The number of amides is 4. The SMILES string of the molecule is CCC(C)C(NC(=O)C(Cc1c[nH]c2ccccc12)NC(=O)C(Cc1cnc[nH]1)NC(=O)C(N)CCC(N)=O)C(=O)O. The molecular weight excluding hydrogens is 544 g/mol. The fourth-order valence-corrected chi connectivity index (χ4v) is 4.47. The van der Waals surface area contributed by atoms with E-state index in [0.717, 1.165) is 16.5 Å².